The normalized spacial score (nSPS) is 21.0. The van der Waals surface area contributed by atoms with Crippen LogP contribution in [0.4, 0.5) is 48.3 Å². The minimum Gasteiger partial charge on any atom is -0.339 e. The third-order valence-electron chi connectivity index (χ3n) is 3.33. The number of pyridine rings is 1. The highest BCUT2D eigenvalue weighted by Crippen LogP contribution is 2.57. The molecule has 0 atom stereocenters. The van der Waals surface area contributed by atoms with Gasteiger partial charge in [0.2, 0.25) is 11.8 Å². The van der Waals surface area contributed by atoms with Crippen molar-refractivity contribution in [2.24, 2.45) is 4.99 Å². The third kappa shape index (κ3) is 4.03. The average Bonchev–Trinajstić information content (AvgIpc) is 2.92. The van der Waals surface area contributed by atoms with Crippen LogP contribution in [0.3, 0.4) is 0 Å². The van der Waals surface area contributed by atoms with E-state index >= 15 is 0 Å². The van der Waals surface area contributed by atoms with Gasteiger partial charge in [0, 0.05) is 6.20 Å². The lowest BCUT2D eigenvalue weighted by Gasteiger charge is -2.34. The van der Waals surface area contributed by atoms with Crippen LogP contribution in [0.25, 0.3) is 0 Å². The number of hydrogen-bond donors (Lipinski definition) is 1. The van der Waals surface area contributed by atoms with Crippen molar-refractivity contribution in [3.63, 3.8) is 0 Å². The SMILES string of the molecule is F/C(=C1/SC(=NCc2ccnc(F)c2)NC1(C(F)(F)F)C(F)(F)F)C(F)(F)F. The molecule has 1 saturated heterocycles. The zero-order valence-corrected chi connectivity index (χ0v) is 13.7. The number of hydrogen-bond acceptors (Lipinski definition) is 3. The predicted molar refractivity (Wildman–Crippen MR) is 75.1 cm³/mol. The minimum atomic E-state index is -6.39. The van der Waals surface area contributed by atoms with E-state index in [0.29, 0.717) is 0 Å². The molecular weight excluding hydrogens is 439 g/mol. The standard InChI is InChI=1S/C13H6F11N3S/c14-6-3-5(1-2-25-6)4-26-9-27-10(12(19,20)21,13(22,23)24)8(28-9)7(15)11(16,17)18/h1-3H,4H2,(H,26,27)/b8-7+. The van der Waals surface area contributed by atoms with Gasteiger partial charge in [-0.3, -0.25) is 4.99 Å². The van der Waals surface area contributed by atoms with E-state index in [0.717, 1.165) is 23.6 Å². The van der Waals surface area contributed by atoms with Crippen molar-refractivity contribution in [2.75, 3.05) is 0 Å². The van der Waals surface area contributed by atoms with Gasteiger partial charge in [-0.2, -0.15) is 43.9 Å². The molecule has 0 aromatic carbocycles. The number of rotatable bonds is 2. The summed E-state index contributed by atoms with van der Waals surface area (Å²) >= 11 is -0.796. The monoisotopic (exact) mass is 445 g/mol. The first kappa shape index (κ1) is 22.2. The molecule has 0 amide bonds. The van der Waals surface area contributed by atoms with E-state index < -0.39 is 64.2 Å². The number of allylic oxidation sites excluding steroid dienone is 1. The fourth-order valence-corrected chi connectivity index (χ4v) is 3.26. The van der Waals surface area contributed by atoms with Crippen LogP contribution in [0.15, 0.2) is 34.1 Å². The minimum absolute atomic E-state index is 0.0549. The Bertz CT molecular complexity index is 793. The highest BCUT2D eigenvalue weighted by Gasteiger charge is 2.77. The number of nitrogens with zero attached hydrogens (tertiary/aromatic N) is 2. The van der Waals surface area contributed by atoms with Crippen LogP contribution in [0.5, 0.6) is 0 Å². The first-order chi connectivity index (χ1) is 12.6. The fourth-order valence-electron chi connectivity index (χ4n) is 2.09. The van der Waals surface area contributed by atoms with Gasteiger partial charge in [-0.05, 0) is 17.7 Å². The topological polar surface area (TPSA) is 37.3 Å². The second kappa shape index (κ2) is 7.08. The number of halogens is 11. The number of amidine groups is 1. The Kier molecular flexibility index (Phi) is 5.62. The van der Waals surface area contributed by atoms with E-state index in [1.54, 1.807) is 0 Å². The van der Waals surface area contributed by atoms with Gasteiger partial charge in [-0.1, -0.05) is 11.8 Å². The molecule has 2 heterocycles. The van der Waals surface area contributed by atoms with Crippen LogP contribution in [-0.4, -0.2) is 34.2 Å². The molecule has 0 spiro atoms. The van der Waals surface area contributed by atoms with Gasteiger partial charge in [-0.25, -0.2) is 9.37 Å². The lowest BCUT2D eigenvalue weighted by Crippen LogP contribution is -2.65. The smallest absolute Gasteiger partial charge is 0.339 e. The van der Waals surface area contributed by atoms with Crippen LogP contribution < -0.4 is 5.32 Å². The average molecular weight is 445 g/mol. The molecule has 0 unspecified atom stereocenters. The summed E-state index contributed by atoms with van der Waals surface area (Å²) in [6.45, 7) is -0.707. The maximum absolute atomic E-state index is 13.5. The molecule has 1 aromatic heterocycles. The number of aromatic nitrogens is 1. The number of nitrogens with one attached hydrogen (secondary N) is 1. The quantitative estimate of drug-likeness (QED) is 0.513. The van der Waals surface area contributed by atoms with Gasteiger partial charge in [0.05, 0.1) is 11.4 Å². The zero-order chi connectivity index (χ0) is 21.5. The summed E-state index contributed by atoms with van der Waals surface area (Å²) in [6.07, 6.45) is -18.0. The Morgan fingerprint density at radius 1 is 1.07 bits per heavy atom. The van der Waals surface area contributed by atoms with Gasteiger partial charge in [0.15, 0.2) is 5.17 Å². The van der Waals surface area contributed by atoms with E-state index in [4.69, 9.17) is 0 Å². The van der Waals surface area contributed by atoms with Gasteiger partial charge >= 0.3 is 18.5 Å². The number of aliphatic imine (C=N–C) groups is 1. The molecule has 0 bridgehead atoms. The first-order valence-electron chi connectivity index (χ1n) is 6.81. The van der Waals surface area contributed by atoms with Crippen molar-refractivity contribution in [2.45, 2.75) is 30.6 Å². The number of alkyl halides is 9. The Morgan fingerprint density at radius 3 is 2.11 bits per heavy atom. The Morgan fingerprint density at radius 2 is 1.64 bits per heavy atom. The second-order valence-corrected chi connectivity index (χ2v) is 6.22. The molecule has 28 heavy (non-hydrogen) atoms. The highest BCUT2D eigenvalue weighted by atomic mass is 32.2. The van der Waals surface area contributed by atoms with Crippen LogP contribution in [0.2, 0.25) is 0 Å². The van der Waals surface area contributed by atoms with Crippen molar-refractivity contribution in [3.05, 3.63) is 40.6 Å². The van der Waals surface area contributed by atoms with Crippen LogP contribution in [0, 0.1) is 5.95 Å². The van der Waals surface area contributed by atoms with Gasteiger partial charge in [0.25, 0.3) is 5.54 Å². The van der Waals surface area contributed by atoms with E-state index in [-0.39, 0.29) is 5.56 Å². The summed E-state index contributed by atoms with van der Waals surface area (Å²) in [6, 6.07) is 1.86. The molecular formula is C13H6F11N3S. The molecule has 2 rings (SSSR count). The van der Waals surface area contributed by atoms with E-state index in [1.807, 2.05) is 0 Å². The molecule has 1 N–H and O–H groups in total. The molecule has 1 aliphatic rings. The molecule has 156 valence electrons. The van der Waals surface area contributed by atoms with Crippen LogP contribution >= 0.6 is 11.8 Å². The predicted octanol–water partition coefficient (Wildman–Crippen LogP) is 5.02. The summed E-state index contributed by atoms with van der Waals surface area (Å²) < 4.78 is 143. The summed E-state index contributed by atoms with van der Waals surface area (Å²) in [5, 5.41) is -0.449. The largest absolute Gasteiger partial charge is 0.443 e. The first-order valence-corrected chi connectivity index (χ1v) is 7.63. The summed E-state index contributed by atoms with van der Waals surface area (Å²) in [7, 11) is 0. The van der Waals surface area contributed by atoms with Crippen molar-refractivity contribution in [1.29, 1.82) is 0 Å². The highest BCUT2D eigenvalue weighted by molar-refractivity contribution is 8.17. The third-order valence-corrected chi connectivity index (χ3v) is 4.44. The van der Waals surface area contributed by atoms with Crippen LogP contribution in [-0.2, 0) is 6.54 Å². The maximum atomic E-state index is 13.5. The van der Waals surface area contributed by atoms with E-state index in [1.165, 1.54) is 0 Å². The van der Waals surface area contributed by atoms with Crippen molar-refractivity contribution >= 4 is 16.9 Å². The molecule has 3 nitrogen and oxygen atoms in total. The summed E-state index contributed by atoms with van der Waals surface area (Å²) in [4.78, 5) is 3.75. The maximum Gasteiger partial charge on any atom is 0.443 e. The van der Waals surface area contributed by atoms with Gasteiger partial charge in [0.1, 0.15) is 0 Å². The van der Waals surface area contributed by atoms with Crippen LogP contribution in [0.1, 0.15) is 5.56 Å². The summed E-state index contributed by atoms with van der Waals surface area (Å²) in [5.74, 6) is -4.59. The molecule has 1 aliphatic heterocycles. The Labute approximate surface area is 152 Å². The van der Waals surface area contributed by atoms with Gasteiger partial charge < -0.3 is 5.32 Å². The lowest BCUT2D eigenvalue weighted by atomic mass is 9.96. The molecule has 15 heteroatoms. The van der Waals surface area contributed by atoms with Crippen molar-refractivity contribution < 1.29 is 48.3 Å². The van der Waals surface area contributed by atoms with E-state index in [2.05, 4.69) is 9.98 Å². The molecule has 0 aliphatic carbocycles. The summed E-state index contributed by atoms with van der Waals surface area (Å²) in [5.41, 5.74) is -5.40. The molecule has 0 radical (unpaired) electrons. The number of thioether (sulfide) groups is 1. The fraction of sp³-hybridized carbons (Fsp3) is 0.385. The molecule has 1 fully saturated rings. The van der Waals surface area contributed by atoms with Crippen molar-refractivity contribution in [3.8, 4) is 0 Å². The van der Waals surface area contributed by atoms with Gasteiger partial charge in [-0.15, -0.1) is 0 Å². The molecule has 1 aromatic rings. The Balaban J connectivity index is 2.58. The second-order valence-electron chi connectivity index (χ2n) is 5.22. The van der Waals surface area contributed by atoms with Crippen molar-refractivity contribution in [1.82, 2.24) is 10.3 Å². The zero-order valence-electron chi connectivity index (χ0n) is 12.9. The lowest BCUT2D eigenvalue weighted by molar-refractivity contribution is -0.287. The van der Waals surface area contributed by atoms with E-state index in [9.17, 15) is 48.3 Å². The molecule has 0 saturated carbocycles. The Hall–Kier alpha value is -2.06.